The first-order valence-corrected chi connectivity index (χ1v) is 13.6. The van der Waals surface area contributed by atoms with Crippen LogP contribution in [0.15, 0.2) is 102 Å². The number of hydrogen-bond donors (Lipinski definition) is 2. The molecule has 0 radical (unpaired) electrons. The number of thiophene rings is 1. The standard InChI is InChI=1S/C31H19ClN4OS/c32-17-11-13-18(14-12-17)36-31-27(29(35-36)22-16-33-23-9-4-3-6-19(22)23)25(24-10-5-15-38-24)26-28(34-31)20-7-1-2-8-21(20)30(26)37/h1-16,25,33-34H. The van der Waals surface area contributed by atoms with Crippen molar-refractivity contribution in [2.45, 2.75) is 5.92 Å². The minimum absolute atomic E-state index is 0.0660. The monoisotopic (exact) mass is 530 g/mol. The molecule has 182 valence electrons. The van der Waals surface area contributed by atoms with Crippen LogP contribution in [0.1, 0.15) is 32.3 Å². The van der Waals surface area contributed by atoms with Crippen LogP contribution in [0.5, 0.6) is 0 Å². The quantitative estimate of drug-likeness (QED) is 0.244. The van der Waals surface area contributed by atoms with Crippen molar-refractivity contribution in [3.8, 4) is 16.9 Å². The SMILES string of the molecule is O=C1C2=C(Nc3c(c(-c4c[nH]c5ccccc45)nn3-c3ccc(Cl)cc3)C2c2cccs2)c2ccccc21. The van der Waals surface area contributed by atoms with E-state index in [1.807, 2.05) is 77.6 Å². The van der Waals surface area contributed by atoms with Crippen LogP contribution in [-0.2, 0) is 0 Å². The van der Waals surface area contributed by atoms with Gasteiger partial charge in [-0.15, -0.1) is 11.3 Å². The van der Waals surface area contributed by atoms with Crippen LogP contribution in [0.25, 0.3) is 33.5 Å². The number of allylic oxidation sites excluding steroid dienone is 1. The van der Waals surface area contributed by atoms with E-state index in [1.165, 1.54) is 0 Å². The molecule has 1 atom stereocenters. The third-order valence-electron chi connectivity index (χ3n) is 7.44. The highest BCUT2D eigenvalue weighted by atomic mass is 35.5. The van der Waals surface area contributed by atoms with Crippen LogP contribution >= 0.6 is 22.9 Å². The highest BCUT2D eigenvalue weighted by Crippen LogP contribution is 2.53. The second-order valence-electron chi connectivity index (χ2n) is 9.48. The van der Waals surface area contributed by atoms with Gasteiger partial charge in [0, 0.05) is 54.8 Å². The van der Waals surface area contributed by atoms with Crippen LogP contribution in [0, 0.1) is 0 Å². The molecule has 4 heterocycles. The zero-order valence-corrected chi connectivity index (χ0v) is 21.5. The summed E-state index contributed by atoms with van der Waals surface area (Å²) in [5, 5.41) is 12.7. The summed E-state index contributed by atoms with van der Waals surface area (Å²) in [6.45, 7) is 0. The maximum absolute atomic E-state index is 13.9. The number of nitrogens with zero attached hydrogens (tertiary/aromatic N) is 2. The van der Waals surface area contributed by atoms with E-state index in [0.29, 0.717) is 5.02 Å². The average molecular weight is 531 g/mol. The summed E-state index contributed by atoms with van der Waals surface area (Å²) in [5.74, 6) is 0.663. The summed E-state index contributed by atoms with van der Waals surface area (Å²) in [6, 6.07) is 27.9. The molecular formula is C31H19ClN4OS. The Kier molecular flexibility index (Phi) is 4.59. The predicted molar refractivity (Wildman–Crippen MR) is 153 cm³/mol. The van der Waals surface area contributed by atoms with Crippen LogP contribution in [0.4, 0.5) is 5.82 Å². The number of Topliss-reactive ketones (excluding diaryl/α,β-unsaturated/α-hetero) is 1. The number of rotatable bonds is 3. The molecular weight excluding hydrogens is 512 g/mol. The Hall–Kier alpha value is -4.39. The second kappa shape index (κ2) is 8.05. The summed E-state index contributed by atoms with van der Waals surface area (Å²) in [4.78, 5) is 18.4. The van der Waals surface area contributed by atoms with Gasteiger partial charge in [0.15, 0.2) is 5.78 Å². The predicted octanol–water partition coefficient (Wildman–Crippen LogP) is 7.90. The van der Waals surface area contributed by atoms with Gasteiger partial charge in [0.2, 0.25) is 0 Å². The maximum atomic E-state index is 13.9. The number of fused-ring (bicyclic) bond motifs is 4. The molecule has 3 aromatic heterocycles. The normalized spacial score (nSPS) is 15.9. The van der Waals surface area contributed by atoms with E-state index in [2.05, 4.69) is 33.9 Å². The smallest absolute Gasteiger partial charge is 0.192 e. The Morgan fingerprint density at radius 3 is 2.47 bits per heavy atom. The lowest BCUT2D eigenvalue weighted by molar-refractivity contribution is 0.103. The van der Waals surface area contributed by atoms with E-state index >= 15 is 0 Å². The van der Waals surface area contributed by atoms with Crippen molar-refractivity contribution in [3.05, 3.63) is 129 Å². The first kappa shape index (κ1) is 21.7. The van der Waals surface area contributed by atoms with Gasteiger partial charge < -0.3 is 10.3 Å². The third-order valence-corrected chi connectivity index (χ3v) is 8.63. The molecule has 0 saturated carbocycles. The molecule has 5 nitrogen and oxygen atoms in total. The zero-order valence-electron chi connectivity index (χ0n) is 19.9. The summed E-state index contributed by atoms with van der Waals surface area (Å²) in [7, 11) is 0. The minimum atomic E-state index is -0.258. The molecule has 6 aromatic rings. The van der Waals surface area contributed by atoms with E-state index in [-0.39, 0.29) is 11.7 Å². The molecule has 8 rings (SSSR count). The topological polar surface area (TPSA) is 62.7 Å². The average Bonchev–Trinajstić information content (AvgIpc) is 3.74. The van der Waals surface area contributed by atoms with Gasteiger partial charge in [-0.05, 0) is 41.8 Å². The molecule has 0 fully saturated rings. The van der Waals surface area contributed by atoms with E-state index in [0.717, 1.165) is 66.5 Å². The third kappa shape index (κ3) is 2.99. The van der Waals surface area contributed by atoms with Gasteiger partial charge in [0.1, 0.15) is 11.5 Å². The highest BCUT2D eigenvalue weighted by Gasteiger charge is 2.44. The molecule has 38 heavy (non-hydrogen) atoms. The highest BCUT2D eigenvalue weighted by molar-refractivity contribution is 7.10. The number of ketones is 1. The molecule has 2 aliphatic rings. The van der Waals surface area contributed by atoms with Gasteiger partial charge in [-0.3, -0.25) is 4.79 Å². The molecule has 1 aliphatic heterocycles. The summed E-state index contributed by atoms with van der Waals surface area (Å²) >= 11 is 7.90. The molecule has 7 heteroatoms. The number of aromatic nitrogens is 3. The zero-order chi connectivity index (χ0) is 25.4. The second-order valence-corrected chi connectivity index (χ2v) is 10.9. The fourth-order valence-corrected chi connectivity index (χ4v) is 6.74. The summed E-state index contributed by atoms with van der Waals surface area (Å²) < 4.78 is 1.94. The number of carbonyl (C=O) groups excluding carboxylic acids is 1. The van der Waals surface area contributed by atoms with Gasteiger partial charge in [-0.1, -0.05) is 60.1 Å². The molecule has 0 spiro atoms. The lowest BCUT2D eigenvalue weighted by Crippen LogP contribution is -2.19. The molecule has 3 aromatic carbocycles. The number of halogens is 1. The number of carbonyl (C=O) groups is 1. The van der Waals surface area contributed by atoms with Crippen LogP contribution < -0.4 is 5.32 Å². The van der Waals surface area contributed by atoms with Gasteiger partial charge >= 0.3 is 0 Å². The van der Waals surface area contributed by atoms with Gasteiger partial charge in [0.05, 0.1) is 17.3 Å². The molecule has 0 amide bonds. The largest absolute Gasteiger partial charge is 0.360 e. The van der Waals surface area contributed by atoms with Crippen molar-refractivity contribution < 1.29 is 4.79 Å². The van der Waals surface area contributed by atoms with Crippen LogP contribution in [-0.4, -0.2) is 20.5 Å². The Morgan fingerprint density at radius 1 is 0.868 bits per heavy atom. The Morgan fingerprint density at radius 2 is 1.66 bits per heavy atom. The van der Waals surface area contributed by atoms with Crippen molar-refractivity contribution in [2.24, 2.45) is 0 Å². The van der Waals surface area contributed by atoms with Gasteiger partial charge in [0.25, 0.3) is 0 Å². The van der Waals surface area contributed by atoms with Crippen molar-refractivity contribution >= 4 is 51.1 Å². The lowest BCUT2D eigenvalue weighted by atomic mass is 9.83. The molecule has 1 unspecified atom stereocenters. The minimum Gasteiger partial charge on any atom is -0.360 e. The number of nitrogens with one attached hydrogen (secondary N) is 2. The number of H-pyrrole nitrogens is 1. The Labute approximate surface area is 227 Å². The van der Waals surface area contributed by atoms with Gasteiger partial charge in [-0.25, -0.2) is 4.68 Å². The van der Waals surface area contributed by atoms with Crippen molar-refractivity contribution in [1.29, 1.82) is 0 Å². The first-order chi connectivity index (χ1) is 18.7. The number of aromatic amines is 1. The summed E-state index contributed by atoms with van der Waals surface area (Å²) in [5.41, 5.74) is 8.05. The summed E-state index contributed by atoms with van der Waals surface area (Å²) in [6.07, 6.45) is 2.01. The fourth-order valence-electron chi connectivity index (χ4n) is 5.78. The Bertz CT molecular complexity index is 1930. The van der Waals surface area contributed by atoms with E-state index in [4.69, 9.17) is 16.7 Å². The molecule has 0 bridgehead atoms. The van der Waals surface area contributed by atoms with Crippen molar-refractivity contribution in [2.75, 3.05) is 5.32 Å². The van der Waals surface area contributed by atoms with Crippen LogP contribution in [0.2, 0.25) is 5.02 Å². The van der Waals surface area contributed by atoms with E-state index in [9.17, 15) is 4.79 Å². The van der Waals surface area contributed by atoms with Crippen LogP contribution in [0.3, 0.4) is 0 Å². The van der Waals surface area contributed by atoms with Crippen molar-refractivity contribution in [3.63, 3.8) is 0 Å². The van der Waals surface area contributed by atoms with E-state index in [1.54, 1.807) is 11.3 Å². The molecule has 1 aliphatic carbocycles. The van der Waals surface area contributed by atoms with E-state index < -0.39 is 0 Å². The fraction of sp³-hybridized carbons (Fsp3) is 0.0323. The van der Waals surface area contributed by atoms with Crippen molar-refractivity contribution in [1.82, 2.24) is 14.8 Å². The number of anilines is 1. The number of hydrogen-bond acceptors (Lipinski definition) is 4. The molecule has 0 saturated heterocycles. The number of benzene rings is 3. The van der Waals surface area contributed by atoms with Gasteiger partial charge in [-0.2, -0.15) is 5.10 Å². The number of para-hydroxylation sites is 1. The Balaban J connectivity index is 1.46. The first-order valence-electron chi connectivity index (χ1n) is 12.3. The maximum Gasteiger partial charge on any atom is 0.192 e. The molecule has 2 N–H and O–H groups in total. The lowest BCUT2D eigenvalue weighted by Gasteiger charge is -2.26.